The zero-order chi connectivity index (χ0) is 32.8. The quantitative estimate of drug-likeness (QED) is 0.189. The van der Waals surface area contributed by atoms with E-state index in [1.807, 2.05) is 24.5 Å². The van der Waals surface area contributed by atoms with Gasteiger partial charge in [0.25, 0.3) is 0 Å². The Balaban J connectivity index is 1.16. The smallest absolute Gasteiger partial charge is 0.164 e. The predicted molar refractivity (Wildman–Crippen MR) is 206 cm³/mol. The zero-order valence-corrected chi connectivity index (χ0v) is 28.1. The fraction of sp³-hybridized carbons (Fsp3) is 0.133. The van der Waals surface area contributed by atoms with Crippen LogP contribution in [0.1, 0.15) is 43.2 Å². The first kappa shape index (κ1) is 28.2. The number of furan rings is 1. The summed E-state index contributed by atoms with van der Waals surface area (Å²) in [4.78, 5) is 14.8. The summed E-state index contributed by atoms with van der Waals surface area (Å²) in [6.45, 7) is 0. The number of para-hydroxylation sites is 2. The number of rotatable bonds is 3. The lowest BCUT2D eigenvalue weighted by molar-refractivity contribution is 0.353. The molecule has 0 unspecified atom stereocenters. The summed E-state index contributed by atoms with van der Waals surface area (Å²) >= 11 is 1.74. The van der Waals surface area contributed by atoms with Gasteiger partial charge in [0.2, 0.25) is 0 Å². The summed E-state index contributed by atoms with van der Waals surface area (Å²) in [5.41, 5.74) is 13.7. The van der Waals surface area contributed by atoms with Gasteiger partial charge >= 0.3 is 0 Å². The van der Waals surface area contributed by atoms with Gasteiger partial charge in [-0.1, -0.05) is 110 Å². The lowest BCUT2D eigenvalue weighted by Crippen LogP contribution is -2.27. The summed E-state index contributed by atoms with van der Waals surface area (Å²) in [6, 6.07) is 41.6. The van der Waals surface area contributed by atoms with Crippen molar-refractivity contribution < 1.29 is 4.42 Å². The largest absolute Gasteiger partial charge is 0.455 e. The Morgan fingerprint density at radius 3 is 2.08 bits per heavy atom. The van der Waals surface area contributed by atoms with Gasteiger partial charge < -0.3 is 4.42 Å². The van der Waals surface area contributed by atoms with Crippen LogP contribution in [-0.4, -0.2) is 15.0 Å². The molecule has 2 aliphatic carbocycles. The molecule has 0 saturated heterocycles. The second-order valence-corrected chi connectivity index (χ2v) is 14.8. The first-order chi connectivity index (χ1) is 24.8. The lowest BCUT2D eigenvalue weighted by atomic mass is 9.68. The van der Waals surface area contributed by atoms with Crippen molar-refractivity contribution in [2.45, 2.75) is 37.5 Å². The van der Waals surface area contributed by atoms with Crippen LogP contribution < -0.4 is 0 Å². The Kier molecular flexibility index (Phi) is 6.02. The number of aromatic nitrogens is 3. The first-order valence-electron chi connectivity index (χ1n) is 17.6. The van der Waals surface area contributed by atoms with Gasteiger partial charge in [-0.25, -0.2) is 9.97 Å². The highest BCUT2D eigenvalue weighted by atomic mass is 32.1. The number of hydrogen-bond acceptors (Lipinski definition) is 5. The predicted octanol–water partition coefficient (Wildman–Crippen LogP) is 12.4. The van der Waals surface area contributed by atoms with Crippen LogP contribution in [0.2, 0.25) is 0 Å². The normalized spacial score (nSPS) is 15.0. The number of pyridine rings is 1. The Bertz CT molecular complexity index is 2810. The minimum Gasteiger partial charge on any atom is -0.455 e. The van der Waals surface area contributed by atoms with Crippen LogP contribution in [0.25, 0.3) is 87.1 Å². The van der Waals surface area contributed by atoms with E-state index in [0.717, 1.165) is 59.9 Å². The Morgan fingerprint density at radius 1 is 0.560 bits per heavy atom. The topological polar surface area (TPSA) is 51.8 Å². The van der Waals surface area contributed by atoms with Crippen LogP contribution >= 0.6 is 11.3 Å². The molecule has 0 amide bonds. The fourth-order valence-electron chi connectivity index (χ4n) is 9.05. The SMILES string of the molecule is c1ccc2c(c1)-c1c(-c3cccc4c3oc3c(-c5nc(-c6ccncc6)c6sc7ccccc7c6n5)cccc34)cccc1C21CCCCC1. The number of benzene rings is 5. The van der Waals surface area contributed by atoms with Crippen molar-refractivity contribution in [2.24, 2.45) is 0 Å². The van der Waals surface area contributed by atoms with E-state index in [-0.39, 0.29) is 5.41 Å². The maximum atomic E-state index is 7.05. The van der Waals surface area contributed by atoms with E-state index >= 15 is 0 Å². The number of nitrogens with zero attached hydrogens (tertiary/aromatic N) is 3. The van der Waals surface area contributed by atoms with Gasteiger partial charge in [0.15, 0.2) is 5.82 Å². The van der Waals surface area contributed by atoms with E-state index in [1.54, 1.807) is 11.3 Å². The molecule has 11 rings (SSSR count). The molecule has 4 aromatic heterocycles. The Hall–Kier alpha value is -5.65. The summed E-state index contributed by atoms with van der Waals surface area (Å²) < 4.78 is 9.32. The van der Waals surface area contributed by atoms with E-state index < -0.39 is 0 Å². The average molecular weight is 662 g/mol. The second-order valence-electron chi connectivity index (χ2n) is 13.8. The van der Waals surface area contributed by atoms with E-state index in [9.17, 15) is 0 Å². The van der Waals surface area contributed by atoms with Gasteiger partial charge in [-0.3, -0.25) is 4.98 Å². The third-order valence-corrected chi connectivity index (χ3v) is 12.4. The third-order valence-electron chi connectivity index (χ3n) is 11.2. The number of hydrogen-bond donors (Lipinski definition) is 0. The molecule has 0 N–H and O–H groups in total. The van der Waals surface area contributed by atoms with Crippen LogP contribution in [0.15, 0.2) is 132 Å². The summed E-state index contributed by atoms with van der Waals surface area (Å²) in [7, 11) is 0. The number of thiophene rings is 1. The molecule has 1 spiro atoms. The van der Waals surface area contributed by atoms with Crippen molar-refractivity contribution >= 4 is 53.6 Å². The van der Waals surface area contributed by atoms with Crippen LogP contribution in [0.4, 0.5) is 0 Å². The van der Waals surface area contributed by atoms with Crippen LogP contribution in [-0.2, 0) is 5.41 Å². The Morgan fingerprint density at radius 2 is 1.22 bits per heavy atom. The maximum absolute atomic E-state index is 7.05. The van der Waals surface area contributed by atoms with Crippen molar-refractivity contribution in [3.8, 4) is 44.9 Å². The first-order valence-corrected chi connectivity index (χ1v) is 18.4. The molecular formula is C45H31N3OS. The number of fused-ring (bicyclic) bond motifs is 11. The standard InChI is InChI=1S/C45H31N3OS/c1-6-23-45(24-7-1)35-18-4-2-11-32(35)38-28(13-10-19-36(38)45)29-14-8-15-30-31-16-9-17-34(42(31)49-41(29)30)44-47-39(27-21-25-46-26-22-27)43-40(48-44)33-12-3-5-20-37(33)50-43/h2-5,8-22,25-26H,1,6-7,23-24H2. The molecule has 9 aromatic rings. The van der Waals surface area contributed by atoms with Crippen molar-refractivity contribution in [3.05, 3.63) is 139 Å². The van der Waals surface area contributed by atoms with Gasteiger partial charge in [0, 0.05) is 49.8 Å². The van der Waals surface area contributed by atoms with Crippen molar-refractivity contribution in [3.63, 3.8) is 0 Å². The maximum Gasteiger partial charge on any atom is 0.164 e. The monoisotopic (exact) mass is 661 g/mol. The third kappa shape index (κ3) is 3.89. The van der Waals surface area contributed by atoms with Crippen molar-refractivity contribution in [1.82, 2.24) is 15.0 Å². The molecule has 238 valence electrons. The van der Waals surface area contributed by atoms with Gasteiger partial charge in [0.1, 0.15) is 11.2 Å². The molecular weight excluding hydrogens is 631 g/mol. The average Bonchev–Trinajstić information content (AvgIpc) is 3.84. The van der Waals surface area contributed by atoms with Gasteiger partial charge in [-0.2, -0.15) is 0 Å². The van der Waals surface area contributed by atoms with Gasteiger partial charge in [0.05, 0.1) is 21.5 Å². The summed E-state index contributed by atoms with van der Waals surface area (Å²) in [5, 5.41) is 3.31. The van der Waals surface area contributed by atoms with Gasteiger partial charge in [-0.15, -0.1) is 11.3 Å². The van der Waals surface area contributed by atoms with E-state index in [2.05, 4.69) is 108 Å². The van der Waals surface area contributed by atoms with Crippen LogP contribution in [0.3, 0.4) is 0 Å². The molecule has 5 heteroatoms. The molecule has 5 aromatic carbocycles. The molecule has 0 radical (unpaired) electrons. The zero-order valence-electron chi connectivity index (χ0n) is 27.3. The molecule has 0 atom stereocenters. The fourth-order valence-corrected chi connectivity index (χ4v) is 10.2. The molecule has 1 fully saturated rings. The molecule has 2 aliphatic rings. The lowest BCUT2D eigenvalue weighted by Gasteiger charge is -2.36. The van der Waals surface area contributed by atoms with Crippen LogP contribution in [0, 0.1) is 0 Å². The van der Waals surface area contributed by atoms with Crippen LogP contribution in [0.5, 0.6) is 0 Å². The van der Waals surface area contributed by atoms with E-state index in [0.29, 0.717) is 5.82 Å². The van der Waals surface area contributed by atoms with E-state index in [1.165, 1.54) is 64.6 Å². The Labute approximate surface area is 293 Å². The minimum absolute atomic E-state index is 0.101. The molecule has 50 heavy (non-hydrogen) atoms. The minimum atomic E-state index is 0.101. The highest BCUT2D eigenvalue weighted by Crippen LogP contribution is 2.58. The molecule has 0 bridgehead atoms. The van der Waals surface area contributed by atoms with Crippen molar-refractivity contribution in [1.29, 1.82) is 0 Å². The highest BCUT2D eigenvalue weighted by molar-refractivity contribution is 7.26. The van der Waals surface area contributed by atoms with Gasteiger partial charge in [-0.05, 0) is 64.9 Å². The summed E-state index contributed by atoms with van der Waals surface area (Å²) in [6.07, 6.45) is 9.95. The van der Waals surface area contributed by atoms with E-state index in [4.69, 9.17) is 14.4 Å². The van der Waals surface area contributed by atoms with Crippen molar-refractivity contribution in [2.75, 3.05) is 0 Å². The molecule has 1 saturated carbocycles. The summed E-state index contributed by atoms with van der Waals surface area (Å²) in [5.74, 6) is 0.660. The second kappa shape index (κ2) is 10.7. The molecule has 4 nitrogen and oxygen atoms in total. The molecule has 0 aliphatic heterocycles. The molecule has 4 heterocycles. The highest BCUT2D eigenvalue weighted by Gasteiger charge is 2.44.